The van der Waals surface area contributed by atoms with Gasteiger partial charge >= 0.3 is 0 Å². The summed E-state index contributed by atoms with van der Waals surface area (Å²) in [6.45, 7) is 2.13. The predicted molar refractivity (Wildman–Crippen MR) is 97.6 cm³/mol. The summed E-state index contributed by atoms with van der Waals surface area (Å²) < 4.78 is 0. The fourth-order valence-electron chi connectivity index (χ4n) is 2.93. The Balaban J connectivity index is 1.77. The van der Waals surface area contributed by atoms with Gasteiger partial charge in [0.1, 0.15) is 0 Å². The summed E-state index contributed by atoms with van der Waals surface area (Å²) in [4.78, 5) is 20.3. The van der Waals surface area contributed by atoms with Gasteiger partial charge in [-0.15, -0.1) is 0 Å². The van der Waals surface area contributed by atoms with Crippen LogP contribution in [0.4, 0.5) is 5.69 Å². The van der Waals surface area contributed by atoms with E-state index in [0.29, 0.717) is 6.54 Å². The standard InChI is InChI=1S/C19H15N3OS/c1-12(23)22-15-4-2-13(3-5-15)16-6-8-20-17-10-21-19(18(16)17)14-7-9-24-11-14/h2-9,11H,10H2,1H3,(H,22,23). The van der Waals surface area contributed by atoms with Crippen molar-refractivity contribution in [3.05, 3.63) is 70.2 Å². The Bertz CT molecular complexity index is 928. The summed E-state index contributed by atoms with van der Waals surface area (Å²) in [5, 5.41) is 6.97. The third-order valence-electron chi connectivity index (χ3n) is 3.96. The molecule has 0 saturated carbocycles. The molecule has 0 spiro atoms. The highest BCUT2D eigenvalue weighted by atomic mass is 32.1. The van der Waals surface area contributed by atoms with Crippen LogP contribution in [-0.2, 0) is 11.3 Å². The molecule has 4 nitrogen and oxygen atoms in total. The van der Waals surface area contributed by atoms with Crippen LogP contribution in [0.15, 0.2) is 58.3 Å². The van der Waals surface area contributed by atoms with Crippen LogP contribution in [0, 0.1) is 0 Å². The molecule has 3 aromatic rings. The summed E-state index contributed by atoms with van der Waals surface area (Å²) in [5.74, 6) is -0.0700. The molecule has 1 N–H and O–H groups in total. The minimum Gasteiger partial charge on any atom is -0.326 e. The SMILES string of the molecule is CC(=O)Nc1ccc(-c2ccnc3c2C(c2ccsc2)=NC3)cc1. The van der Waals surface area contributed by atoms with E-state index in [1.807, 2.05) is 36.5 Å². The Morgan fingerprint density at radius 1 is 1.12 bits per heavy atom. The van der Waals surface area contributed by atoms with Crippen LogP contribution in [0.25, 0.3) is 11.1 Å². The molecule has 2 aromatic heterocycles. The number of carbonyl (C=O) groups is 1. The van der Waals surface area contributed by atoms with Crippen molar-refractivity contribution in [2.75, 3.05) is 5.32 Å². The average molecular weight is 333 g/mol. The zero-order valence-corrected chi connectivity index (χ0v) is 13.9. The summed E-state index contributed by atoms with van der Waals surface area (Å²) in [6.07, 6.45) is 1.84. The van der Waals surface area contributed by atoms with Gasteiger partial charge in [0.05, 0.1) is 18.0 Å². The Labute approximate surface area is 143 Å². The second-order valence-electron chi connectivity index (χ2n) is 5.62. The Morgan fingerprint density at radius 3 is 2.67 bits per heavy atom. The van der Waals surface area contributed by atoms with Gasteiger partial charge in [-0.3, -0.25) is 14.8 Å². The number of benzene rings is 1. The molecule has 0 atom stereocenters. The number of nitrogens with one attached hydrogen (secondary N) is 1. The number of hydrogen-bond donors (Lipinski definition) is 1. The second-order valence-corrected chi connectivity index (χ2v) is 6.40. The van der Waals surface area contributed by atoms with E-state index in [-0.39, 0.29) is 5.91 Å². The van der Waals surface area contributed by atoms with Gasteiger partial charge in [0.15, 0.2) is 0 Å². The lowest BCUT2D eigenvalue weighted by Crippen LogP contribution is -2.05. The van der Waals surface area contributed by atoms with Crippen LogP contribution >= 0.6 is 11.3 Å². The molecule has 0 fully saturated rings. The lowest BCUT2D eigenvalue weighted by Gasteiger charge is -2.11. The number of aromatic nitrogens is 1. The number of rotatable bonds is 3. The van der Waals surface area contributed by atoms with Crippen LogP contribution in [-0.4, -0.2) is 16.6 Å². The van der Waals surface area contributed by atoms with Crippen LogP contribution < -0.4 is 5.32 Å². The first kappa shape index (κ1) is 14.8. The maximum Gasteiger partial charge on any atom is 0.221 e. The lowest BCUT2D eigenvalue weighted by atomic mass is 9.95. The molecule has 0 unspecified atom stereocenters. The Kier molecular flexibility index (Phi) is 3.70. The van der Waals surface area contributed by atoms with Crippen molar-refractivity contribution in [1.29, 1.82) is 0 Å². The maximum absolute atomic E-state index is 11.2. The minimum atomic E-state index is -0.0700. The Hall–Kier alpha value is -2.79. The van der Waals surface area contributed by atoms with Gasteiger partial charge in [-0.05, 0) is 40.8 Å². The quantitative estimate of drug-likeness (QED) is 0.784. The molecule has 0 bridgehead atoms. The van der Waals surface area contributed by atoms with E-state index in [2.05, 4.69) is 27.1 Å². The van der Waals surface area contributed by atoms with Crippen LogP contribution in [0.2, 0.25) is 0 Å². The molecular weight excluding hydrogens is 318 g/mol. The van der Waals surface area contributed by atoms with Crippen molar-refractivity contribution in [3.63, 3.8) is 0 Å². The molecule has 118 valence electrons. The first-order valence-electron chi connectivity index (χ1n) is 7.65. The van der Waals surface area contributed by atoms with Gasteiger partial charge in [-0.2, -0.15) is 11.3 Å². The van der Waals surface area contributed by atoms with Crippen molar-refractivity contribution >= 4 is 28.6 Å². The molecule has 5 heteroatoms. The summed E-state index contributed by atoms with van der Waals surface area (Å²) in [6, 6.07) is 12.0. The largest absolute Gasteiger partial charge is 0.326 e. The minimum absolute atomic E-state index is 0.0700. The zero-order valence-electron chi connectivity index (χ0n) is 13.1. The number of aliphatic imine (C=N–C) groups is 1. The van der Waals surface area contributed by atoms with Crippen LogP contribution in [0.1, 0.15) is 23.7 Å². The zero-order chi connectivity index (χ0) is 16.5. The molecule has 1 aromatic carbocycles. The molecular formula is C19H15N3OS. The van der Waals surface area contributed by atoms with Gasteiger partial charge < -0.3 is 5.32 Å². The Morgan fingerprint density at radius 2 is 1.96 bits per heavy atom. The van der Waals surface area contributed by atoms with Gasteiger partial charge in [-0.25, -0.2) is 0 Å². The number of thiophene rings is 1. The maximum atomic E-state index is 11.2. The molecule has 0 aliphatic carbocycles. The van der Waals surface area contributed by atoms with Crippen LogP contribution in [0.5, 0.6) is 0 Å². The first-order chi connectivity index (χ1) is 11.7. The molecule has 4 rings (SSSR count). The van der Waals surface area contributed by atoms with Crippen molar-refractivity contribution in [2.24, 2.45) is 4.99 Å². The fraction of sp³-hybridized carbons (Fsp3) is 0.105. The number of hydrogen-bond acceptors (Lipinski definition) is 4. The van der Waals surface area contributed by atoms with Gasteiger partial charge in [0.25, 0.3) is 0 Å². The molecule has 0 saturated heterocycles. The van der Waals surface area contributed by atoms with E-state index in [1.165, 1.54) is 6.92 Å². The van der Waals surface area contributed by atoms with Crippen molar-refractivity contribution < 1.29 is 4.79 Å². The van der Waals surface area contributed by atoms with Gasteiger partial charge in [-0.1, -0.05) is 12.1 Å². The highest BCUT2D eigenvalue weighted by molar-refractivity contribution is 7.08. The van der Waals surface area contributed by atoms with Crippen molar-refractivity contribution in [2.45, 2.75) is 13.5 Å². The smallest absolute Gasteiger partial charge is 0.221 e. The highest BCUT2D eigenvalue weighted by Crippen LogP contribution is 2.32. The third kappa shape index (κ3) is 2.63. The summed E-state index contributed by atoms with van der Waals surface area (Å²) in [5.41, 5.74) is 7.29. The van der Waals surface area contributed by atoms with Crippen LogP contribution in [0.3, 0.4) is 0 Å². The van der Waals surface area contributed by atoms with Gasteiger partial charge in [0.2, 0.25) is 5.91 Å². The van der Waals surface area contributed by atoms with Crippen molar-refractivity contribution in [3.8, 4) is 11.1 Å². The summed E-state index contributed by atoms with van der Waals surface area (Å²) in [7, 11) is 0. The average Bonchev–Trinajstić information content (AvgIpc) is 3.24. The van der Waals surface area contributed by atoms with Crippen molar-refractivity contribution in [1.82, 2.24) is 4.98 Å². The second kappa shape index (κ2) is 6.02. The van der Waals surface area contributed by atoms with E-state index in [4.69, 9.17) is 4.99 Å². The topological polar surface area (TPSA) is 54.4 Å². The normalized spacial score (nSPS) is 12.6. The van der Waals surface area contributed by atoms with E-state index in [1.54, 1.807) is 11.3 Å². The van der Waals surface area contributed by atoms with Gasteiger partial charge in [0, 0.05) is 35.3 Å². The number of anilines is 1. The molecule has 24 heavy (non-hydrogen) atoms. The molecule has 1 aliphatic rings. The van der Waals surface area contributed by atoms with E-state index in [0.717, 1.165) is 39.3 Å². The first-order valence-corrected chi connectivity index (χ1v) is 8.60. The highest BCUT2D eigenvalue weighted by Gasteiger charge is 2.23. The van der Waals surface area contributed by atoms with E-state index < -0.39 is 0 Å². The molecule has 3 heterocycles. The van der Waals surface area contributed by atoms with E-state index >= 15 is 0 Å². The fourth-order valence-corrected chi connectivity index (χ4v) is 3.57. The molecule has 0 radical (unpaired) electrons. The third-order valence-corrected chi connectivity index (χ3v) is 4.65. The number of fused-ring (bicyclic) bond motifs is 1. The summed E-state index contributed by atoms with van der Waals surface area (Å²) >= 11 is 1.67. The number of carbonyl (C=O) groups excluding carboxylic acids is 1. The van der Waals surface area contributed by atoms with E-state index in [9.17, 15) is 4.79 Å². The predicted octanol–water partition coefficient (Wildman–Crippen LogP) is 4.12. The molecule has 1 amide bonds. The molecule has 1 aliphatic heterocycles. The lowest BCUT2D eigenvalue weighted by molar-refractivity contribution is -0.114. The number of pyridine rings is 1. The number of amides is 1. The monoisotopic (exact) mass is 333 g/mol. The number of nitrogens with zero attached hydrogens (tertiary/aromatic N) is 2.